The Balaban J connectivity index is 1.72. The van der Waals surface area contributed by atoms with Gasteiger partial charge in [0, 0.05) is 29.1 Å². The highest BCUT2D eigenvalue weighted by Crippen LogP contribution is 2.39. The van der Waals surface area contributed by atoms with Gasteiger partial charge in [-0.15, -0.1) is 0 Å². The number of carbonyl (C=O) groups is 2. The molecule has 0 saturated heterocycles. The molecule has 2 N–H and O–H groups in total. The summed E-state index contributed by atoms with van der Waals surface area (Å²) < 4.78 is 7.36. The minimum atomic E-state index is -0.809. The summed E-state index contributed by atoms with van der Waals surface area (Å²) in [5, 5.41) is 10.9. The lowest BCUT2D eigenvalue weighted by Gasteiger charge is -2.32. The molecule has 1 aromatic heterocycles. The lowest BCUT2D eigenvalue weighted by molar-refractivity contribution is -0.118. The molecule has 2 aromatic carbocycles. The van der Waals surface area contributed by atoms with E-state index in [4.69, 9.17) is 16.3 Å². The van der Waals surface area contributed by atoms with Gasteiger partial charge in [0.1, 0.15) is 17.6 Å². The summed E-state index contributed by atoms with van der Waals surface area (Å²) in [7, 11) is 1.79. The van der Waals surface area contributed by atoms with E-state index in [0.29, 0.717) is 23.0 Å². The fraction of sp³-hybridized carbons (Fsp3) is 0.292. The Kier molecular flexibility index (Phi) is 6.19. The van der Waals surface area contributed by atoms with E-state index in [0.717, 1.165) is 29.0 Å². The van der Waals surface area contributed by atoms with Crippen molar-refractivity contribution in [3.63, 3.8) is 0 Å². The van der Waals surface area contributed by atoms with E-state index in [-0.39, 0.29) is 11.8 Å². The molecule has 2 amide bonds. The molecule has 0 radical (unpaired) electrons. The van der Waals surface area contributed by atoms with Gasteiger partial charge in [0.15, 0.2) is 0 Å². The fourth-order valence-electron chi connectivity index (χ4n) is 4.03. The van der Waals surface area contributed by atoms with Crippen molar-refractivity contribution >= 4 is 29.2 Å². The largest absolute Gasteiger partial charge is 0.494 e. The Bertz CT molecular complexity index is 1140. The monoisotopic (exact) mass is 452 g/mol. The molecule has 7 nitrogen and oxygen atoms in total. The minimum absolute atomic E-state index is 0.292. The SMILES string of the molecule is CCCOc1ccc([C@@H]2c3c(C)nn(C)c3NC(=O)[C@H]2NC(=O)c2ccc(Cl)cc2)cc1. The smallest absolute Gasteiger partial charge is 0.251 e. The van der Waals surface area contributed by atoms with E-state index in [1.54, 1.807) is 36.0 Å². The van der Waals surface area contributed by atoms with Gasteiger partial charge in [0.05, 0.1) is 12.3 Å². The molecule has 166 valence electrons. The van der Waals surface area contributed by atoms with Gasteiger partial charge < -0.3 is 15.4 Å². The van der Waals surface area contributed by atoms with Crippen molar-refractivity contribution < 1.29 is 14.3 Å². The Hall–Kier alpha value is -3.32. The zero-order valence-corrected chi connectivity index (χ0v) is 18.9. The summed E-state index contributed by atoms with van der Waals surface area (Å²) in [6.07, 6.45) is 0.918. The molecular formula is C24H25ClN4O3. The van der Waals surface area contributed by atoms with E-state index < -0.39 is 12.0 Å². The standard InChI is InChI=1S/C24H25ClN4O3/c1-4-13-32-18-11-7-15(8-12-18)20-19-14(2)28-29(3)22(19)27-24(31)21(20)26-23(30)16-5-9-17(25)10-6-16/h5-12,20-21H,4,13H2,1-3H3,(H,26,30)(H,27,31)/t20-,21+/m1/s1. The second-order valence-corrected chi connectivity index (χ2v) is 8.25. The molecule has 4 rings (SSSR count). The third-order valence-electron chi connectivity index (χ3n) is 5.54. The topological polar surface area (TPSA) is 85.2 Å². The van der Waals surface area contributed by atoms with Gasteiger partial charge in [-0.25, -0.2) is 0 Å². The van der Waals surface area contributed by atoms with Gasteiger partial charge in [0.2, 0.25) is 5.91 Å². The molecule has 0 bridgehead atoms. The summed E-state index contributed by atoms with van der Waals surface area (Å²) in [5.74, 6) is 0.365. The molecule has 3 aromatic rings. The van der Waals surface area contributed by atoms with Gasteiger partial charge >= 0.3 is 0 Å². The number of aromatic nitrogens is 2. The predicted molar refractivity (Wildman–Crippen MR) is 123 cm³/mol. The molecular weight excluding hydrogens is 428 g/mol. The zero-order valence-electron chi connectivity index (χ0n) is 18.2. The maximum absolute atomic E-state index is 13.1. The van der Waals surface area contributed by atoms with Crippen LogP contribution in [0.25, 0.3) is 0 Å². The molecule has 32 heavy (non-hydrogen) atoms. The van der Waals surface area contributed by atoms with Crippen LogP contribution in [0.2, 0.25) is 5.02 Å². The number of amides is 2. The van der Waals surface area contributed by atoms with Crippen LogP contribution in [-0.2, 0) is 11.8 Å². The number of nitrogens with zero attached hydrogens (tertiary/aromatic N) is 2. The summed E-state index contributed by atoms with van der Waals surface area (Å²) >= 11 is 5.94. The van der Waals surface area contributed by atoms with Crippen LogP contribution in [0, 0.1) is 6.92 Å². The van der Waals surface area contributed by atoms with Crippen LogP contribution in [0.4, 0.5) is 5.82 Å². The number of fused-ring (bicyclic) bond motifs is 1. The maximum Gasteiger partial charge on any atom is 0.251 e. The third-order valence-corrected chi connectivity index (χ3v) is 5.79. The van der Waals surface area contributed by atoms with Crippen LogP contribution < -0.4 is 15.4 Å². The highest BCUT2D eigenvalue weighted by atomic mass is 35.5. The molecule has 0 saturated carbocycles. The number of hydrogen-bond donors (Lipinski definition) is 2. The highest BCUT2D eigenvalue weighted by molar-refractivity contribution is 6.30. The number of ether oxygens (including phenoxy) is 1. The first-order chi connectivity index (χ1) is 15.4. The van der Waals surface area contributed by atoms with Crippen molar-refractivity contribution in [2.24, 2.45) is 7.05 Å². The number of rotatable bonds is 6. The van der Waals surface area contributed by atoms with Crippen LogP contribution in [0.5, 0.6) is 5.75 Å². The molecule has 0 fully saturated rings. The van der Waals surface area contributed by atoms with Crippen LogP contribution in [0.1, 0.15) is 46.4 Å². The summed E-state index contributed by atoms with van der Waals surface area (Å²) in [5.41, 5.74) is 3.00. The first kappa shape index (κ1) is 21.9. The lowest BCUT2D eigenvalue weighted by Crippen LogP contribution is -2.50. The van der Waals surface area contributed by atoms with Crippen molar-refractivity contribution in [1.82, 2.24) is 15.1 Å². The van der Waals surface area contributed by atoms with Gasteiger partial charge in [-0.3, -0.25) is 14.3 Å². The fourth-order valence-corrected chi connectivity index (χ4v) is 4.16. The summed E-state index contributed by atoms with van der Waals surface area (Å²) in [6, 6.07) is 13.4. The van der Waals surface area contributed by atoms with Gasteiger partial charge in [-0.2, -0.15) is 5.10 Å². The molecule has 0 unspecified atom stereocenters. The average Bonchev–Trinajstić information content (AvgIpc) is 3.06. The van der Waals surface area contributed by atoms with E-state index in [1.165, 1.54) is 0 Å². The Morgan fingerprint density at radius 2 is 1.88 bits per heavy atom. The van der Waals surface area contributed by atoms with E-state index in [9.17, 15) is 9.59 Å². The third kappa shape index (κ3) is 4.21. The average molecular weight is 453 g/mol. The van der Waals surface area contributed by atoms with Crippen LogP contribution in [-0.4, -0.2) is 34.2 Å². The van der Waals surface area contributed by atoms with Gasteiger partial charge in [-0.05, 0) is 55.3 Å². The molecule has 2 atom stereocenters. The Labute approximate surface area is 191 Å². The molecule has 1 aliphatic rings. The van der Waals surface area contributed by atoms with Crippen molar-refractivity contribution in [2.75, 3.05) is 11.9 Å². The number of hydrogen-bond acceptors (Lipinski definition) is 4. The van der Waals surface area contributed by atoms with Crippen LogP contribution in [0.3, 0.4) is 0 Å². The van der Waals surface area contributed by atoms with E-state index in [2.05, 4.69) is 22.7 Å². The Morgan fingerprint density at radius 1 is 1.19 bits per heavy atom. The van der Waals surface area contributed by atoms with Crippen molar-refractivity contribution in [3.05, 3.63) is 75.9 Å². The predicted octanol–water partition coefficient (Wildman–Crippen LogP) is 4.05. The number of halogens is 1. The summed E-state index contributed by atoms with van der Waals surface area (Å²) in [4.78, 5) is 26.1. The molecule has 2 heterocycles. The quantitative estimate of drug-likeness (QED) is 0.590. The minimum Gasteiger partial charge on any atom is -0.494 e. The lowest BCUT2D eigenvalue weighted by atomic mass is 9.82. The molecule has 0 aliphatic carbocycles. The van der Waals surface area contributed by atoms with Crippen molar-refractivity contribution in [2.45, 2.75) is 32.2 Å². The zero-order chi connectivity index (χ0) is 22.8. The number of carbonyl (C=O) groups excluding carboxylic acids is 2. The molecule has 8 heteroatoms. The second-order valence-electron chi connectivity index (χ2n) is 7.81. The highest BCUT2D eigenvalue weighted by Gasteiger charge is 2.41. The van der Waals surface area contributed by atoms with Gasteiger partial charge in [-0.1, -0.05) is 30.7 Å². The first-order valence-corrected chi connectivity index (χ1v) is 10.9. The van der Waals surface area contributed by atoms with Crippen molar-refractivity contribution in [3.8, 4) is 5.75 Å². The van der Waals surface area contributed by atoms with E-state index in [1.807, 2.05) is 31.2 Å². The maximum atomic E-state index is 13.1. The molecule has 0 spiro atoms. The van der Waals surface area contributed by atoms with E-state index >= 15 is 0 Å². The molecule has 1 aliphatic heterocycles. The summed E-state index contributed by atoms with van der Waals surface area (Å²) in [6.45, 7) is 4.59. The van der Waals surface area contributed by atoms with Crippen molar-refractivity contribution in [1.29, 1.82) is 0 Å². The normalized spacial score (nSPS) is 17.4. The number of anilines is 1. The van der Waals surface area contributed by atoms with Crippen LogP contribution in [0.15, 0.2) is 48.5 Å². The number of benzene rings is 2. The Morgan fingerprint density at radius 3 is 2.53 bits per heavy atom. The van der Waals surface area contributed by atoms with Crippen LogP contribution >= 0.6 is 11.6 Å². The number of aryl methyl sites for hydroxylation is 2. The number of nitrogens with one attached hydrogen (secondary N) is 2. The second kappa shape index (κ2) is 9.04. The first-order valence-electron chi connectivity index (χ1n) is 10.5. The van der Waals surface area contributed by atoms with Gasteiger partial charge in [0.25, 0.3) is 5.91 Å².